The zero-order valence-electron chi connectivity index (χ0n) is 15.0. The third-order valence-electron chi connectivity index (χ3n) is 1.92. The van der Waals surface area contributed by atoms with Crippen LogP contribution in [-0.2, 0) is 9.53 Å². The zero-order valence-corrected chi connectivity index (χ0v) is 15.0. The predicted octanol–water partition coefficient (Wildman–Crippen LogP) is 5.29. The van der Waals surface area contributed by atoms with Gasteiger partial charge in [-0.05, 0) is 43.7 Å². The fraction of sp³-hybridized carbons (Fsp3) is 0.316. The molecule has 0 saturated heterocycles. The molecule has 1 rings (SSSR count). The number of aromatic hydroxyl groups is 1. The number of hydrogen-bond donors (Lipinski definition) is 2. The van der Waals surface area contributed by atoms with E-state index in [-0.39, 0.29) is 5.75 Å². The van der Waals surface area contributed by atoms with Crippen molar-refractivity contribution in [3.8, 4) is 5.75 Å². The normalized spacial score (nSPS) is 8.57. The summed E-state index contributed by atoms with van der Waals surface area (Å²) in [4.78, 5) is 9.89. The van der Waals surface area contributed by atoms with E-state index < -0.39 is 0 Å². The van der Waals surface area contributed by atoms with Crippen molar-refractivity contribution in [2.75, 3.05) is 12.4 Å². The van der Waals surface area contributed by atoms with Crippen molar-refractivity contribution >= 4 is 12.1 Å². The molecule has 4 nitrogen and oxygen atoms in total. The van der Waals surface area contributed by atoms with E-state index in [2.05, 4.69) is 35.7 Å². The van der Waals surface area contributed by atoms with E-state index in [4.69, 9.17) is 5.11 Å². The van der Waals surface area contributed by atoms with Gasteiger partial charge in [-0.1, -0.05) is 45.6 Å². The Labute approximate surface area is 141 Å². The Morgan fingerprint density at radius 2 is 1.83 bits per heavy atom. The van der Waals surface area contributed by atoms with Crippen LogP contribution in [0.3, 0.4) is 0 Å². The van der Waals surface area contributed by atoms with Gasteiger partial charge in [0.05, 0.1) is 13.4 Å². The molecule has 1 amide bonds. The van der Waals surface area contributed by atoms with Crippen LogP contribution in [0.15, 0.2) is 61.4 Å². The Hall–Kier alpha value is -2.49. The third-order valence-corrected chi connectivity index (χ3v) is 1.92. The lowest BCUT2D eigenvalue weighted by atomic mass is 10.3. The number of rotatable bonds is 5. The summed E-state index contributed by atoms with van der Waals surface area (Å²) in [5, 5.41) is 11.3. The standard InChI is InChI=1S/C7H7NO2.C5H8O.C5H10.C2H6/c9-5-8-6-1-3-7(10)4-2-6;1-3-4-5-6-2;1-3-5-4-2;1-2/h1-5,10H,(H,8,9);3-5H,1H2,2H3;3,5H,4H2,1-2H3;1-2H3/b;5-4+;5-3-;. The van der Waals surface area contributed by atoms with Gasteiger partial charge in [0.2, 0.25) is 6.41 Å². The highest BCUT2D eigenvalue weighted by Crippen LogP contribution is 2.12. The summed E-state index contributed by atoms with van der Waals surface area (Å²) in [6.45, 7) is 11.6. The zero-order chi connectivity index (χ0) is 18.3. The number of phenols is 1. The van der Waals surface area contributed by atoms with Crippen LogP contribution >= 0.6 is 0 Å². The lowest BCUT2D eigenvalue weighted by Gasteiger charge is -1.95. The smallest absolute Gasteiger partial charge is 0.211 e. The Morgan fingerprint density at radius 1 is 1.26 bits per heavy atom. The van der Waals surface area contributed by atoms with Gasteiger partial charge in [0.15, 0.2) is 0 Å². The minimum Gasteiger partial charge on any atom is -0.508 e. The SMILES string of the molecule is C/C=C\CC.C=C/C=C/OC.CC.O=CNc1ccc(O)cc1. The minimum atomic E-state index is 0.191. The second kappa shape index (κ2) is 24.5. The van der Waals surface area contributed by atoms with Crippen LogP contribution in [0.2, 0.25) is 0 Å². The van der Waals surface area contributed by atoms with Gasteiger partial charge in [0.1, 0.15) is 5.75 Å². The molecule has 0 saturated carbocycles. The average molecular weight is 321 g/mol. The van der Waals surface area contributed by atoms with Crippen molar-refractivity contribution < 1.29 is 14.6 Å². The monoisotopic (exact) mass is 321 g/mol. The summed E-state index contributed by atoms with van der Waals surface area (Å²) >= 11 is 0. The highest BCUT2D eigenvalue weighted by Gasteiger charge is 1.87. The van der Waals surface area contributed by atoms with E-state index in [0.717, 1.165) is 6.42 Å². The van der Waals surface area contributed by atoms with Crippen LogP contribution in [0.1, 0.15) is 34.1 Å². The number of ether oxygens (including phenoxy) is 1. The van der Waals surface area contributed by atoms with Gasteiger partial charge < -0.3 is 15.2 Å². The maximum Gasteiger partial charge on any atom is 0.211 e. The lowest BCUT2D eigenvalue weighted by molar-refractivity contribution is -0.105. The highest BCUT2D eigenvalue weighted by molar-refractivity contribution is 5.71. The average Bonchev–Trinajstić information content (AvgIpc) is 2.59. The van der Waals surface area contributed by atoms with E-state index in [9.17, 15) is 4.79 Å². The molecule has 130 valence electrons. The van der Waals surface area contributed by atoms with Crippen molar-refractivity contribution in [2.24, 2.45) is 0 Å². The van der Waals surface area contributed by atoms with E-state index in [1.807, 2.05) is 20.8 Å². The van der Waals surface area contributed by atoms with E-state index in [0.29, 0.717) is 12.1 Å². The number of carbonyl (C=O) groups is 1. The fourth-order valence-corrected chi connectivity index (χ4v) is 0.996. The molecule has 4 heteroatoms. The number of carbonyl (C=O) groups excluding carboxylic acids is 1. The number of benzene rings is 1. The van der Waals surface area contributed by atoms with Gasteiger partial charge in [0.25, 0.3) is 0 Å². The van der Waals surface area contributed by atoms with Crippen LogP contribution < -0.4 is 5.32 Å². The molecule has 0 aromatic heterocycles. The first-order valence-corrected chi connectivity index (χ1v) is 7.56. The van der Waals surface area contributed by atoms with Crippen LogP contribution in [0.5, 0.6) is 5.75 Å². The van der Waals surface area contributed by atoms with Crippen molar-refractivity contribution in [1.82, 2.24) is 0 Å². The largest absolute Gasteiger partial charge is 0.508 e. The second-order valence-corrected chi connectivity index (χ2v) is 3.59. The molecule has 0 heterocycles. The maximum atomic E-state index is 9.89. The molecular weight excluding hydrogens is 290 g/mol. The van der Waals surface area contributed by atoms with Crippen LogP contribution in [0, 0.1) is 0 Å². The molecule has 0 atom stereocenters. The predicted molar refractivity (Wildman–Crippen MR) is 101 cm³/mol. The Morgan fingerprint density at radius 3 is 2.09 bits per heavy atom. The van der Waals surface area contributed by atoms with Gasteiger partial charge in [-0.3, -0.25) is 4.79 Å². The Balaban J connectivity index is -0.000000267. The summed E-state index contributed by atoms with van der Waals surface area (Å²) in [6.07, 6.45) is 10.9. The number of nitrogens with one attached hydrogen (secondary N) is 1. The van der Waals surface area contributed by atoms with Crippen LogP contribution in [-0.4, -0.2) is 18.6 Å². The molecule has 1 aromatic carbocycles. The molecule has 0 aliphatic carbocycles. The molecule has 2 N–H and O–H groups in total. The Bertz CT molecular complexity index is 409. The van der Waals surface area contributed by atoms with Crippen molar-refractivity contribution in [2.45, 2.75) is 34.1 Å². The van der Waals surface area contributed by atoms with E-state index >= 15 is 0 Å². The quantitative estimate of drug-likeness (QED) is 0.255. The molecule has 0 spiro atoms. The molecule has 0 bridgehead atoms. The number of hydrogen-bond acceptors (Lipinski definition) is 3. The van der Waals surface area contributed by atoms with Crippen molar-refractivity contribution in [3.05, 3.63) is 61.4 Å². The lowest BCUT2D eigenvalue weighted by Crippen LogP contribution is -1.91. The van der Waals surface area contributed by atoms with Crippen molar-refractivity contribution in [3.63, 3.8) is 0 Å². The third kappa shape index (κ3) is 24.9. The van der Waals surface area contributed by atoms with Gasteiger partial charge >= 0.3 is 0 Å². The first-order valence-electron chi connectivity index (χ1n) is 7.56. The van der Waals surface area contributed by atoms with Crippen LogP contribution in [0.25, 0.3) is 0 Å². The summed E-state index contributed by atoms with van der Waals surface area (Å²) in [6, 6.07) is 6.24. The minimum absolute atomic E-state index is 0.191. The number of anilines is 1. The molecular formula is C19H31NO3. The number of phenolic OH excluding ortho intramolecular Hbond substituents is 1. The van der Waals surface area contributed by atoms with Gasteiger partial charge in [-0.2, -0.15) is 0 Å². The second-order valence-electron chi connectivity index (χ2n) is 3.59. The summed E-state index contributed by atoms with van der Waals surface area (Å²) in [7, 11) is 1.60. The maximum absolute atomic E-state index is 9.89. The highest BCUT2D eigenvalue weighted by atomic mass is 16.5. The number of methoxy groups -OCH3 is 1. The van der Waals surface area contributed by atoms with Gasteiger partial charge in [-0.15, -0.1) is 0 Å². The molecule has 0 radical (unpaired) electrons. The van der Waals surface area contributed by atoms with E-state index in [1.54, 1.807) is 37.7 Å². The molecule has 23 heavy (non-hydrogen) atoms. The first-order chi connectivity index (χ1) is 11.2. The van der Waals surface area contributed by atoms with Gasteiger partial charge in [0, 0.05) is 5.69 Å². The van der Waals surface area contributed by atoms with Crippen LogP contribution in [0.4, 0.5) is 5.69 Å². The number of amides is 1. The molecule has 0 aliphatic heterocycles. The first kappa shape index (κ1) is 25.5. The topological polar surface area (TPSA) is 58.6 Å². The summed E-state index contributed by atoms with van der Waals surface area (Å²) < 4.78 is 4.53. The molecule has 0 unspecified atom stereocenters. The molecule has 0 fully saturated rings. The Kier molecular flexibility index (Phi) is 27.1. The molecule has 0 aliphatic rings. The molecule has 1 aromatic rings. The number of allylic oxidation sites excluding steroid dienone is 4. The fourth-order valence-electron chi connectivity index (χ4n) is 0.996. The summed E-state index contributed by atoms with van der Waals surface area (Å²) in [5.41, 5.74) is 0.674. The van der Waals surface area contributed by atoms with Crippen molar-refractivity contribution in [1.29, 1.82) is 0 Å². The van der Waals surface area contributed by atoms with E-state index in [1.165, 1.54) is 12.1 Å². The summed E-state index contributed by atoms with van der Waals surface area (Å²) in [5.74, 6) is 0.191. The van der Waals surface area contributed by atoms with Gasteiger partial charge in [-0.25, -0.2) is 0 Å².